The number of unbranched alkanes of at least 4 members (excludes halogenated alkanes) is 5. The van der Waals surface area contributed by atoms with Crippen molar-refractivity contribution in [1.82, 2.24) is 4.98 Å². The van der Waals surface area contributed by atoms with E-state index in [4.69, 9.17) is 5.11 Å². The Morgan fingerprint density at radius 2 is 1.85 bits per heavy atom. The van der Waals surface area contributed by atoms with Crippen molar-refractivity contribution in [3.05, 3.63) is 77.3 Å². The molecule has 0 bridgehead atoms. The number of benzene rings is 1. The number of H-pyrrole nitrogens is 1. The van der Waals surface area contributed by atoms with Crippen LogP contribution in [0.4, 0.5) is 5.82 Å². The smallest absolute Gasteiger partial charge is 0.327 e. The first-order chi connectivity index (χ1) is 16.6. The number of carboxylic acids is 1. The van der Waals surface area contributed by atoms with Crippen LogP contribution < -0.4 is 0 Å². The number of rotatable bonds is 18. The first-order valence-electron chi connectivity index (χ1n) is 12.6. The van der Waals surface area contributed by atoms with Gasteiger partial charge >= 0.3 is 5.97 Å². The Morgan fingerprint density at radius 3 is 2.59 bits per heavy atom. The number of hydrogen-bond donors (Lipinski definition) is 2. The molecule has 0 spiro atoms. The molecule has 1 aromatic heterocycles. The maximum atomic E-state index is 11.1. The van der Waals surface area contributed by atoms with Crippen LogP contribution in [0.2, 0.25) is 0 Å². The van der Waals surface area contributed by atoms with Gasteiger partial charge in [-0.15, -0.1) is 0 Å². The third-order valence-electron chi connectivity index (χ3n) is 5.94. The molecule has 5 nitrogen and oxygen atoms in total. The second-order valence-electron chi connectivity index (χ2n) is 8.82. The Bertz CT molecular complexity index is 887. The number of aromatic amines is 1. The lowest BCUT2D eigenvalue weighted by atomic mass is 9.92. The van der Waals surface area contributed by atoms with E-state index in [0.717, 1.165) is 42.5 Å². The number of carbonyl (C=O) groups is 2. The minimum absolute atomic E-state index is 0.189. The molecular weight excluding hydrogens is 424 g/mol. The van der Waals surface area contributed by atoms with Crippen molar-refractivity contribution in [2.45, 2.75) is 77.2 Å². The van der Waals surface area contributed by atoms with Gasteiger partial charge in [0.05, 0.1) is 0 Å². The van der Waals surface area contributed by atoms with Crippen molar-refractivity contribution in [2.75, 3.05) is 0 Å². The normalized spacial score (nSPS) is 13.3. The van der Waals surface area contributed by atoms with Gasteiger partial charge in [-0.25, -0.2) is 4.79 Å². The summed E-state index contributed by atoms with van der Waals surface area (Å²) >= 11 is 0. The maximum absolute atomic E-state index is 11.1. The van der Waals surface area contributed by atoms with Gasteiger partial charge in [-0.2, -0.15) is 0 Å². The lowest BCUT2D eigenvalue weighted by Gasteiger charge is -2.23. The van der Waals surface area contributed by atoms with E-state index in [1.807, 2.05) is 30.5 Å². The molecule has 2 N–H and O–H groups in total. The molecule has 0 aliphatic heterocycles. The monoisotopic (exact) mass is 463 g/mol. The van der Waals surface area contributed by atoms with Gasteiger partial charge in [0.25, 0.3) is 0 Å². The number of aromatic nitrogens is 1. The first kappa shape index (κ1) is 27.2. The highest BCUT2D eigenvalue weighted by molar-refractivity contribution is 5.80. The van der Waals surface area contributed by atoms with E-state index in [1.54, 1.807) is 6.08 Å². The van der Waals surface area contributed by atoms with Crippen LogP contribution in [-0.4, -0.2) is 28.4 Å². The summed E-state index contributed by atoms with van der Waals surface area (Å²) in [7, 11) is 0. The lowest BCUT2D eigenvalue weighted by molar-refractivity contribution is -0.131. The van der Waals surface area contributed by atoms with Crippen LogP contribution in [0.15, 0.2) is 60.8 Å². The summed E-state index contributed by atoms with van der Waals surface area (Å²) < 4.78 is 0. The van der Waals surface area contributed by atoms with Crippen molar-refractivity contribution >= 4 is 24.1 Å². The minimum atomic E-state index is -0.953. The number of hydrogen-bond acceptors (Lipinski definition) is 2. The number of carboxylic acid groups (broad SMARTS) is 1. The third-order valence-corrected chi connectivity index (χ3v) is 5.94. The van der Waals surface area contributed by atoms with E-state index in [0.29, 0.717) is 12.3 Å². The van der Waals surface area contributed by atoms with Crippen molar-refractivity contribution in [1.29, 1.82) is 0 Å². The Labute approximate surface area is 204 Å². The van der Waals surface area contributed by atoms with Gasteiger partial charge in [-0.3, -0.25) is 0 Å². The second-order valence-corrected chi connectivity index (χ2v) is 8.82. The summed E-state index contributed by atoms with van der Waals surface area (Å²) in [5.41, 5.74) is 2.12. The van der Waals surface area contributed by atoms with Gasteiger partial charge in [0.1, 0.15) is 6.29 Å². The number of allylic oxidation sites excluding steroid dienone is 1. The fourth-order valence-corrected chi connectivity index (χ4v) is 4.05. The van der Waals surface area contributed by atoms with Crippen molar-refractivity contribution < 1.29 is 14.7 Å². The van der Waals surface area contributed by atoms with Crippen LogP contribution in [0.1, 0.15) is 75.8 Å². The Hall–Kier alpha value is -3.08. The molecule has 1 heterocycles. The largest absolute Gasteiger partial charge is 0.478 e. The predicted molar refractivity (Wildman–Crippen MR) is 140 cm³/mol. The molecule has 184 valence electrons. The molecule has 5 heteroatoms. The van der Waals surface area contributed by atoms with E-state index < -0.39 is 5.97 Å². The number of nitrogens with zero attached hydrogens (tertiary/aromatic N) is 1. The molecule has 1 aromatic carbocycles. The zero-order chi connectivity index (χ0) is 24.4. The van der Waals surface area contributed by atoms with Crippen LogP contribution in [0.25, 0.3) is 11.4 Å². The number of nitrogens with one attached hydrogen (secondary N) is 1. The van der Waals surface area contributed by atoms with Crippen molar-refractivity contribution in [3.8, 4) is 0 Å². The average molecular weight is 464 g/mol. The van der Waals surface area contributed by atoms with Gasteiger partial charge in [-0.05, 0) is 42.3 Å². The Morgan fingerprint density at radius 1 is 1.03 bits per heavy atom. The summed E-state index contributed by atoms with van der Waals surface area (Å²) in [4.78, 5) is 25.0. The molecule has 2 atom stereocenters. The van der Waals surface area contributed by atoms with E-state index in [1.165, 1.54) is 44.6 Å². The summed E-state index contributed by atoms with van der Waals surface area (Å²) in [6.07, 6.45) is 20.9. The number of aldehydes is 1. The molecule has 0 fully saturated rings. The van der Waals surface area contributed by atoms with E-state index in [9.17, 15) is 9.59 Å². The van der Waals surface area contributed by atoms with Gasteiger partial charge in [0, 0.05) is 12.5 Å². The number of aliphatic carboxylic acids is 1. The topological polar surface area (TPSA) is 84.3 Å². The number of carbonyl (C=O) groups excluding carboxylic acids is 1. The minimum Gasteiger partial charge on any atom is -0.478 e. The van der Waals surface area contributed by atoms with Crippen LogP contribution in [-0.2, 0) is 16.0 Å². The van der Waals surface area contributed by atoms with E-state index >= 15 is 0 Å². The molecule has 0 amide bonds. The molecule has 2 rings (SSSR count). The Balaban J connectivity index is 2.02. The van der Waals surface area contributed by atoms with Crippen molar-refractivity contribution in [2.24, 2.45) is 5.92 Å². The molecule has 0 saturated carbocycles. The SMILES string of the molecule is CCCCCCCC[C@H](/C=C/c1cccc(CC=O)c1)CC[C@H](/C=C/C(=O)O)[N-]c1ccc[nH]1. The highest BCUT2D eigenvalue weighted by Crippen LogP contribution is 2.27. The predicted octanol–water partition coefficient (Wildman–Crippen LogP) is 7.63. The molecule has 0 unspecified atom stereocenters. The fraction of sp³-hybridized carbons (Fsp3) is 0.448. The van der Waals surface area contributed by atoms with Crippen LogP contribution in [0, 0.1) is 5.92 Å². The first-order valence-corrected chi connectivity index (χ1v) is 12.6. The zero-order valence-corrected chi connectivity index (χ0v) is 20.4. The van der Waals surface area contributed by atoms with Gasteiger partial charge < -0.3 is 20.2 Å². The van der Waals surface area contributed by atoms with Crippen LogP contribution >= 0.6 is 0 Å². The average Bonchev–Trinajstić information content (AvgIpc) is 3.34. The highest BCUT2D eigenvalue weighted by atomic mass is 16.4. The molecule has 34 heavy (non-hydrogen) atoms. The van der Waals surface area contributed by atoms with E-state index in [2.05, 4.69) is 41.5 Å². The summed E-state index contributed by atoms with van der Waals surface area (Å²) in [5, 5.41) is 13.8. The standard InChI is InChI=1S/C29H39N2O3/c1-2-3-4-5-6-7-10-24(14-15-25-11-8-12-26(23-25)20-22-32)16-17-27(18-19-29(33)34)31-28-13-9-21-30-28/h8-9,11-15,18-19,21-24,27,30H,2-7,10,16-17,20H2,1H3,(H,33,34)/q-1/b15-14+,19-18+/t24-,27-/m1/s1. The van der Waals surface area contributed by atoms with Crippen LogP contribution in [0.5, 0.6) is 0 Å². The second kappa shape index (κ2) is 16.5. The van der Waals surface area contributed by atoms with Crippen molar-refractivity contribution in [3.63, 3.8) is 0 Å². The van der Waals surface area contributed by atoms with Gasteiger partial charge in [0.15, 0.2) is 0 Å². The molecule has 0 aliphatic rings. The third kappa shape index (κ3) is 11.7. The lowest BCUT2D eigenvalue weighted by Crippen LogP contribution is -2.07. The zero-order valence-electron chi connectivity index (χ0n) is 20.4. The molecular formula is C29H39N2O3-. The summed E-state index contributed by atoms with van der Waals surface area (Å²) in [6, 6.07) is 11.7. The summed E-state index contributed by atoms with van der Waals surface area (Å²) in [5.74, 6) is 0.195. The maximum Gasteiger partial charge on any atom is 0.327 e. The molecule has 0 radical (unpaired) electrons. The molecule has 0 saturated heterocycles. The summed E-state index contributed by atoms with van der Waals surface area (Å²) in [6.45, 7) is 2.23. The fourth-order valence-electron chi connectivity index (χ4n) is 4.05. The Kier molecular flexibility index (Phi) is 13.2. The molecule has 2 aromatic rings. The van der Waals surface area contributed by atoms with Gasteiger partial charge in [-0.1, -0.05) is 112 Å². The van der Waals surface area contributed by atoms with Gasteiger partial charge in [0.2, 0.25) is 0 Å². The quantitative estimate of drug-likeness (QED) is 0.135. The molecule has 0 aliphatic carbocycles. The highest BCUT2D eigenvalue weighted by Gasteiger charge is 2.09. The van der Waals surface area contributed by atoms with Crippen LogP contribution in [0.3, 0.4) is 0 Å². The van der Waals surface area contributed by atoms with E-state index in [-0.39, 0.29) is 6.04 Å².